The minimum Gasteiger partial charge on any atom is -0.494 e. The van der Waals surface area contributed by atoms with E-state index in [4.69, 9.17) is 4.74 Å². The molecule has 1 heterocycles. The fraction of sp³-hybridized carbons (Fsp3) is 0.167. The highest BCUT2D eigenvalue weighted by Gasteiger charge is 2.30. The third kappa shape index (κ3) is 2.69. The van der Waals surface area contributed by atoms with Crippen LogP contribution < -0.4 is 10.3 Å². The Kier molecular flexibility index (Phi) is 3.85. The topological polar surface area (TPSA) is 44.1 Å². The van der Waals surface area contributed by atoms with E-state index in [9.17, 15) is 18.0 Å². The van der Waals surface area contributed by atoms with Crippen LogP contribution in [0.2, 0.25) is 0 Å². The first-order valence-corrected chi connectivity index (χ1v) is 6.13. The van der Waals surface area contributed by atoms with Gasteiger partial charge >= 0.3 is 6.18 Å². The lowest BCUT2D eigenvalue weighted by Crippen LogP contribution is -2.22. The molecule has 0 amide bonds. The van der Waals surface area contributed by atoms with E-state index in [1.165, 1.54) is 25.4 Å². The number of hydrogen-bond donors (Lipinski definition) is 0. The Labute approximate surface area is 119 Å². The molecule has 0 unspecified atom stereocenters. The second kappa shape index (κ2) is 5.28. The summed E-state index contributed by atoms with van der Waals surface area (Å²) in [6, 6.07) is 4.13. The van der Waals surface area contributed by atoms with E-state index in [1.807, 2.05) is 0 Å². The van der Waals surface area contributed by atoms with Gasteiger partial charge in [-0.1, -0.05) is 0 Å². The van der Waals surface area contributed by atoms with Gasteiger partial charge in [0.1, 0.15) is 4.47 Å². The first-order valence-electron chi connectivity index (χ1n) is 5.34. The van der Waals surface area contributed by atoms with E-state index < -0.39 is 17.3 Å². The number of rotatable bonds is 2. The van der Waals surface area contributed by atoms with Crippen LogP contribution in [0.3, 0.4) is 0 Å². The fourth-order valence-electron chi connectivity index (χ4n) is 1.54. The summed E-state index contributed by atoms with van der Waals surface area (Å²) in [5.41, 5.74) is -1.09. The number of hydrogen-bond acceptors (Lipinski definition) is 3. The van der Waals surface area contributed by atoms with Gasteiger partial charge in [0.2, 0.25) is 0 Å². The molecule has 0 atom stereocenters. The quantitative estimate of drug-likeness (QED) is 0.837. The van der Waals surface area contributed by atoms with Crippen molar-refractivity contribution in [3.05, 3.63) is 50.9 Å². The Morgan fingerprint density at radius 3 is 2.35 bits per heavy atom. The molecule has 1 aromatic heterocycles. The summed E-state index contributed by atoms with van der Waals surface area (Å²) in [4.78, 5) is 12.0. The van der Waals surface area contributed by atoms with Gasteiger partial charge in [-0.2, -0.15) is 23.0 Å². The van der Waals surface area contributed by atoms with Crippen molar-refractivity contribution in [1.82, 2.24) is 9.78 Å². The number of ether oxygens (including phenoxy) is 1. The predicted molar refractivity (Wildman–Crippen MR) is 69.1 cm³/mol. The number of methoxy groups -OCH3 is 1. The smallest absolute Gasteiger partial charge is 0.416 e. The summed E-state index contributed by atoms with van der Waals surface area (Å²) in [6.07, 6.45) is -3.12. The van der Waals surface area contributed by atoms with Gasteiger partial charge in [0.25, 0.3) is 5.56 Å². The van der Waals surface area contributed by atoms with Crippen LogP contribution in [0.4, 0.5) is 13.2 Å². The third-order valence-corrected chi connectivity index (χ3v) is 3.28. The monoisotopic (exact) mass is 348 g/mol. The van der Waals surface area contributed by atoms with Gasteiger partial charge in [-0.15, -0.1) is 0 Å². The zero-order chi connectivity index (χ0) is 14.9. The first kappa shape index (κ1) is 14.6. The number of benzene rings is 1. The summed E-state index contributed by atoms with van der Waals surface area (Å²) in [5.74, 6) is 0.248. The normalized spacial score (nSPS) is 11.4. The minimum absolute atomic E-state index is 0.148. The largest absolute Gasteiger partial charge is 0.494 e. The Balaban J connectivity index is 2.48. The standard InChI is InChI=1S/C12H8BrF3N2O2/c1-20-9-6-17-18(11(19)10(9)13)8-4-2-7(3-5-8)12(14,15)16/h2-6H,1H3. The molecular weight excluding hydrogens is 341 g/mol. The van der Waals surface area contributed by atoms with Crippen LogP contribution in [0.1, 0.15) is 5.56 Å². The van der Waals surface area contributed by atoms with Crippen LogP contribution in [0.25, 0.3) is 5.69 Å². The molecule has 2 aromatic rings. The van der Waals surface area contributed by atoms with E-state index in [1.54, 1.807) is 0 Å². The van der Waals surface area contributed by atoms with Gasteiger partial charge in [-0.3, -0.25) is 4.79 Å². The highest BCUT2D eigenvalue weighted by atomic mass is 79.9. The van der Waals surface area contributed by atoms with E-state index in [0.717, 1.165) is 16.8 Å². The molecule has 0 N–H and O–H groups in total. The van der Waals surface area contributed by atoms with Gasteiger partial charge < -0.3 is 4.74 Å². The molecular formula is C12H8BrF3N2O2. The molecule has 2 rings (SSSR count). The van der Waals surface area contributed by atoms with Crippen molar-refractivity contribution in [2.45, 2.75) is 6.18 Å². The molecule has 106 valence electrons. The zero-order valence-corrected chi connectivity index (χ0v) is 11.7. The highest BCUT2D eigenvalue weighted by molar-refractivity contribution is 9.10. The Morgan fingerprint density at radius 2 is 1.85 bits per heavy atom. The first-order chi connectivity index (χ1) is 9.34. The summed E-state index contributed by atoms with van der Waals surface area (Å²) >= 11 is 3.06. The van der Waals surface area contributed by atoms with E-state index >= 15 is 0 Å². The van der Waals surface area contributed by atoms with Crippen molar-refractivity contribution in [3.63, 3.8) is 0 Å². The lowest BCUT2D eigenvalue weighted by molar-refractivity contribution is -0.137. The zero-order valence-electron chi connectivity index (χ0n) is 10.1. The Hall–Kier alpha value is -1.83. The molecule has 20 heavy (non-hydrogen) atoms. The predicted octanol–water partition coefficient (Wildman–Crippen LogP) is 3.02. The second-order valence-electron chi connectivity index (χ2n) is 3.79. The SMILES string of the molecule is COc1cnn(-c2ccc(C(F)(F)F)cc2)c(=O)c1Br. The summed E-state index contributed by atoms with van der Waals surface area (Å²) in [5, 5.41) is 3.84. The maximum atomic E-state index is 12.5. The second-order valence-corrected chi connectivity index (χ2v) is 4.58. The van der Waals surface area contributed by atoms with E-state index in [-0.39, 0.29) is 15.9 Å². The summed E-state index contributed by atoms with van der Waals surface area (Å²) in [7, 11) is 1.38. The van der Waals surface area contributed by atoms with E-state index in [0.29, 0.717) is 0 Å². The summed E-state index contributed by atoms with van der Waals surface area (Å²) in [6.45, 7) is 0. The van der Waals surface area contributed by atoms with Gasteiger partial charge in [-0.05, 0) is 40.2 Å². The van der Waals surface area contributed by atoms with Gasteiger partial charge in [0.05, 0.1) is 24.6 Å². The van der Waals surface area contributed by atoms with Crippen molar-refractivity contribution < 1.29 is 17.9 Å². The summed E-state index contributed by atoms with van der Waals surface area (Å²) < 4.78 is 43.4. The molecule has 8 heteroatoms. The van der Waals surface area contributed by atoms with Crippen LogP contribution in [-0.4, -0.2) is 16.9 Å². The van der Waals surface area contributed by atoms with Crippen LogP contribution in [0.15, 0.2) is 39.7 Å². The lowest BCUT2D eigenvalue weighted by Gasteiger charge is -2.09. The van der Waals surface area contributed by atoms with Crippen LogP contribution in [0, 0.1) is 0 Å². The molecule has 0 bridgehead atoms. The van der Waals surface area contributed by atoms with Gasteiger partial charge in [0.15, 0.2) is 5.75 Å². The molecule has 1 aromatic carbocycles. The molecule has 0 fully saturated rings. The number of aromatic nitrogens is 2. The van der Waals surface area contributed by atoms with Crippen molar-refractivity contribution >= 4 is 15.9 Å². The average molecular weight is 349 g/mol. The maximum Gasteiger partial charge on any atom is 0.416 e. The lowest BCUT2D eigenvalue weighted by atomic mass is 10.2. The van der Waals surface area contributed by atoms with Gasteiger partial charge in [0, 0.05) is 0 Å². The van der Waals surface area contributed by atoms with Crippen LogP contribution in [-0.2, 0) is 6.18 Å². The molecule has 0 radical (unpaired) electrons. The molecule has 0 spiro atoms. The van der Waals surface area contributed by atoms with Crippen LogP contribution in [0.5, 0.6) is 5.75 Å². The molecule has 0 saturated carbocycles. The van der Waals surface area contributed by atoms with Crippen molar-refractivity contribution in [2.24, 2.45) is 0 Å². The Morgan fingerprint density at radius 1 is 1.25 bits per heavy atom. The van der Waals surface area contributed by atoms with Crippen molar-refractivity contribution in [1.29, 1.82) is 0 Å². The minimum atomic E-state index is -4.42. The number of nitrogens with zero attached hydrogens (tertiary/aromatic N) is 2. The molecule has 0 aliphatic heterocycles. The van der Waals surface area contributed by atoms with Gasteiger partial charge in [-0.25, -0.2) is 0 Å². The van der Waals surface area contributed by atoms with E-state index in [2.05, 4.69) is 21.0 Å². The molecule has 0 aliphatic rings. The Bertz CT molecular complexity index is 681. The van der Waals surface area contributed by atoms with Crippen LogP contribution >= 0.6 is 15.9 Å². The average Bonchev–Trinajstić information content (AvgIpc) is 2.41. The fourth-order valence-corrected chi connectivity index (χ4v) is 1.97. The maximum absolute atomic E-state index is 12.5. The highest BCUT2D eigenvalue weighted by Crippen LogP contribution is 2.29. The third-order valence-electron chi connectivity index (χ3n) is 2.55. The number of alkyl halides is 3. The molecule has 4 nitrogen and oxygen atoms in total. The van der Waals surface area contributed by atoms with Crippen molar-refractivity contribution in [2.75, 3.05) is 7.11 Å². The number of halogens is 4. The van der Waals surface area contributed by atoms with Crippen molar-refractivity contribution in [3.8, 4) is 11.4 Å². The molecule has 0 aliphatic carbocycles. The molecule has 0 saturated heterocycles.